The molecule has 17 atom stereocenters. The molecule has 18 heteroatoms. The Morgan fingerprint density at radius 3 is 1.72 bits per heavy atom. The zero-order chi connectivity index (χ0) is 59.4. The molecule has 5 aliphatic rings. The van der Waals surface area contributed by atoms with E-state index in [1.54, 1.807) is 31.4 Å². The number of esters is 1. The highest BCUT2D eigenvalue weighted by Gasteiger charge is 2.60. The van der Waals surface area contributed by atoms with Crippen LogP contribution < -0.4 is 0 Å². The number of hydrogen-bond acceptors (Lipinski definition) is 18. The number of nitrogens with zero attached hydrogens (tertiary/aromatic N) is 1. The lowest BCUT2D eigenvalue weighted by atomic mass is 9.92. The van der Waals surface area contributed by atoms with Crippen LogP contribution in [0.2, 0.25) is 0 Å². The van der Waals surface area contributed by atoms with Crippen molar-refractivity contribution in [2.24, 2.45) is 0 Å². The summed E-state index contributed by atoms with van der Waals surface area (Å²) in [5.74, 6) is -1.74. The van der Waals surface area contributed by atoms with Crippen LogP contribution in [-0.4, -0.2) is 135 Å². The van der Waals surface area contributed by atoms with Gasteiger partial charge < -0.3 is 76.2 Å². The second kappa shape index (κ2) is 29.1. The maximum atomic E-state index is 14.8. The number of ether oxygens (including phenoxy) is 15. The molecule has 0 saturated carbocycles. The molecular weight excluding hydrogens is 1100 g/mol. The van der Waals surface area contributed by atoms with Gasteiger partial charge in [0.1, 0.15) is 67.1 Å². The van der Waals surface area contributed by atoms with Gasteiger partial charge in [0.25, 0.3) is 0 Å². The van der Waals surface area contributed by atoms with E-state index in [4.69, 9.17) is 71.1 Å². The molecule has 0 aromatic heterocycles. The average molecular weight is 1180 g/mol. The molecule has 18 nitrogen and oxygen atoms in total. The van der Waals surface area contributed by atoms with Gasteiger partial charge in [-0.3, -0.25) is 4.79 Å². The Balaban J connectivity index is 1.00. The molecule has 6 aromatic rings. The number of aliphatic hydroxyl groups excluding tert-OH is 1. The van der Waals surface area contributed by atoms with Gasteiger partial charge in [0.05, 0.1) is 57.2 Å². The van der Waals surface area contributed by atoms with Crippen LogP contribution in [0.15, 0.2) is 176 Å². The highest BCUT2D eigenvalue weighted by molar-refractivity contribution is 5.74. The number of rotatable bonds is 24. The topological polar surface area (TPSA) is 200 Å². The van der Waals surface area contributed by atoms with E-state index in [1.165, 1.54) is 0 Å². The highest BCUT2D eigenvalue weighted by atomic mass is 16.8. The number of fused-ring (bicyclic) bond motifs is 2. The van der Waals surface area contributed by atoms with Crippen LogP contribution in [0.25, 0.3) is 0 Å². The average Bonchev–Trinajstić information content (AvgIpc) is 1.48. The van der Waals surface area contributed by atoms with Crippen molar-refractivity contribution in [2.45, 2.75) is 170 Å². The lowest BCUT2D eigenvalue weighted by molar-refractivity contribution is -0.409. The first-order valence-corrected chi connectivity index (χ1v) is 29.4. The maximum Gasteiger partial charge on any atom is 0.310 e. The molecule has 454 valence electrons. The summed E-state index contributed by atoms with van der Waals surface area (Å²) in [6, 6.07) is 57.1. The van der Waals surface area contributed by atoms with Crippen LogP contribution in [0.4, 0.5) is 0 Å². The summed E-state index contributed by atoms with van der Waals surface area (Å²) in [5, 5.41) is 23.2. The normalized spacial score (nSPS) is 31.2. The van der Waals surface area contributed by atoms with Crippen LogP contribution in [-0.2, 0) is 109 Å². The maximum absolute atomic E-state index is 14.8. The van der Waals surface area contributed by atoms with Crippen LogP contribution in [0.1, 0.15) is 72.4 Å². The summed E-state index contributed by atoms with van der Waals surface area (Å²) in [5.41, 5.74) is 5.00. The predicted octanol–water partition coefficient (Wildman–Crippen LogP) is 8.98. The smallest absolute Gasteiger partial charge is 0.310 e. The molecule has 11 rings (SSSR count). The van der Waals surface area contributed by atoms with Gasteiger partial charge in [0.2, 0.25) is 0 Å². The third kappa shape index (κ3) is 15.1. The fraction of sp³-hybridized carbons (Fsp3) is 0.441. The van der Waals surface area contributed by atoms with E-state index >= 15 is 0 Å². The highest BCUT2D eigenvalue weighted by Crippen LogP contribution is 2.44. The van der Waals surface area contributed by atoms with Crippen LogP contribution in [0.5, 0.6) is 0 Å². The van der Waals surface area contributed by atoms with Gasteiger partial charge in [-0.1, -0.05) is 170 Å². The van der Waals surface area contributed by atoms with E-state index in [1.807, 2.05) is 172 Å². The Morgan fingerprint density at radius 2 is 1.09 bits per heavy atom. The Morgan fingerprint density at radius 1 is 0.547 bits per heavy atom. The molecular formula is C68H75NO17. The van der Waals surface area contributed by atoms with Crippen molar-refractivity contribution in [1.29, 1.82) is 5.26 Å². The first-order valence-electron chi connectivity index (χ1n) is 29.4. The van der Waals surface area contributed by atoms with Crippen molar-refractivity contribution in [3.05, 3.63) is 215 Å². The summed E-state index contributed by atoms with van der Waals surface area (Å²) >= 11 is 0. The second-order valence-electron chi connectivity index (χ2n) is 22.5. The van der Waals surface area contributed by atoms with Gasteiger partial charge in [0.15, 0.2) is 37.1 Å². The third-order valence-corrected chi connectivity index (χ3v) is 15.9. The third-order valence-electron chi connectivity index (χ3n) is 15.9. The zero-order valence-electron chi connectivity index (χ0n) is 48.6. The van der Waals surface area contributed by atoms with Gasteiger partial charge in [-0.05, 0) is 54.7 Å². The van der Waals surface area contributed by atoms with Crippen molar-refractivity contribution in [2.75, 3.05) is 20.3 Å². The molecule has 0 aliphatic carbocycles. The van der Waals surface area contributed by atoms with Crippen molar-refractivity contribution >= 4 is 5.97 Å². The molecule has 0 amide bonds. The molecule has 0 spiro atoms. The summed E-state index contributed by atoms with van der Waals surface area (Å²) in [7, 11) is 1.55. The Labute approximate surface area is 501 Å². The number of aliphatic hydroxyl groups is 1. The Hall–Kier alpha value is -6.32. The molecule has 1 N–H and O–H groups in total. The number of benzene rings is 6. The molecule has 5 saturated heterocycles. The lowest BCUT2D eigenvalue weighted by Gasteiger charge is -2.52. The Kier molecular flexibility index (Phi) is 20.8. The van der Waals surface area contributed by atoms with E-state index in [0.717, 1.165) is 27.8 Å². The van der Waals surface area contributed by atoms with Crippen LogP contribution in [0.3, 0.4) is 0 Å². The lowest BCUT2D eigenvalue weighted by Crippen LogP contribution is -2.69. The van der Waals surface area contributed by atoms with E-state index in [9.17, 15) is 15.2 Å². The summed E-state index contributed by atoms with van der Waals surface area (Å²) in [4.78, 5) is 14.8. The largest absolute Gasteiger partial charge is 0.456 e. The number of carbonyl (C=O) groups excluding carboxylic acids is 1. The van der Waals surface area contributed by atoms with Gasteiger partial charge in [-0.25, -0.2) is 0 Å². The summed E-state index contributed by atoms with van der Waals surface area (Å²) in [6.07, 6.45) is -18.2. The van der Waals surface area contributed by atoms with Gasteiger partial charge in [-0.2, -0.15) is 5.26 Å². The minimum atomic E-state index is -1.47. The predicted molar refractivity (Wildman–Crippen MR) is 309 cm³/mol. The molecule has 5 aliphatic heterocycles. The van der Waals surface area contributed by atoms with E-state index in [2.05, 4.69) is 6.07 Å². The van der Waals surface area contributed by atoms with Crippen LogP contribution >= 0.6 is 0 Å². The number of methoxy groups -OCH3 is 1. The molecule has 0 radical (unpaired) electrons. The van der Waals surface area contributed by atoms with Gasteiger partial charge in [0, 0.05) is 25.7 Å². The number of carbonyl (C=O) groups is 1. The Bertz CT molecular complexity index is 3090. The molecule has 86 heavy (non-hydrogen) atoms. The minimum Gasteiger partial charge on any atom is -0.456 e. The van der Waals surface area contributed by atoms with Crippen molar-refractivity contribution in [1.82, 2.24) is 0 Å². The zero-order valence-corrected chi connectivity index (χ0v) is 48.6. The first-order chi connectivity index (χ1) is 42.0. The van der Waals surface area contributed by atoms with E-state index < -0.39 is 116 Å². The molecule has 5 heterocycles. The first kappa shape index (κ1) is 61.3. The van der Waals surface area contributed by atoms with E-state index in [0.29, 0.717) is 11.1 Å². The monoisotopic (exact) mass is 1180 g/mol. The molecule has 5 fully saturated rings. The molecule has 0 bridgehead atoms. The van der Waals surface area contributed by atoms with Crippen LogP contribution in [0, 0.1) is 11.3 Å². The summed E-state index contributed by atoms with van der Waals surface area (Å²) < 4.78 is 101. The molecule has 6 aromatic carbocycles. The number of nitriles is 1. The minimum absolute atomic E-state index is 0.00693. The van der Waals surface area contributed by atoms with Crippen molar-refractivity contribution < 1.29 is 81.0 Å². The quantitative estimate of drug-likeness (QED) is 0.0444. The number of hydrogen-bond donors (Lipinski definition) is 1. The van der Waals surface area contributed by atoms with Crippen molar-refractivity contribution in [3.63, 3.8) is 0 Å². The second-order valence-corrected chi connectivity index (χ2v) is 22.5. The fourth-order valence-electron chi connectivity index (χ4n) is 11.7. The van der Waals surface area contributed by atoms with E-state index in [-0.39, 0.29) is 52.5 Å². The standard InChI is InChI=1S/C68H75NO17/c1-43-55(61-63(65(72-4)77-43)86-68(2,3)85-61)81-67-62(76-41-47-28-16-8-17-29-47)60(56(80-53(70)36-49-32-20-21-33-50(49)37-69)51(78-67)34-35-73-38-44-22-10-5-11-23-44)84-66-59(75-40-46-26-14-7-15-27-46)54(71)58-57(82-66)52(42-74-39-45-24-12-6-13-25-45)79-64(83-58)48-30-18-9-19-31-48/h5-33,43,51-52,54-67,71H,34-36,38-42H2,1-4H3/t43-,51+,52+,54-,55-,56+,57+,58-,59-,60-,61+,62-,63+,64+,65+,66-,67-/m0/s1. The summed E-state index contributed by atoms with van der Waals surface area (Å²) in [6.45, 7) is 6.22. The fourth-order valence-corrected chi connectivity index (χ4v) is 11.7. The SMILES string of the molecule is CO[C@@H]1O[C@@H](C)[C@H](O[C@@H]2O[C@H](CCOCc3ccccc3)[C@@H](OC(=O)Cc3ccccc3C#N)[C@H](O[C@@H]3O[C@H]4[C@@H](O[C@H](c5ccccc5)O[C@@H]4COCc4ccccc4)[C@H](O)[C@@H]3OCc3ccccc3)[C@@H]2OCc2ccccc2)[C@H]2OC(C)(C)O[C@@H]12. The van der Waals surface area contributed by atoms with Crippen molar-refractivity contribution in [3.8, 4) is 6.07 Å². The van der Waals surface area contributed by atoms with Gasteiger partial charge in [-0.15, -0.1) is 0 Å². The van der Waals surface area contributed by atoms with Gasteiger partial charge >= 0.3 is 5.97 Å². The molecule has 0 unspecified atom stereocenters.